The van der Waals surface area contributed by atoms with E-state index in [1.165, 1.54) is 9.13 Å². The van der Waals surface area contributed by atoms with Gasteiger partial charge in [-0.2, -0.15) is 0 Å². The fourth-order valence-electron chi connectivity index (χ4n) is 1.51. The highest BCUT2D eigenvalue weighted by molar-refractivity contribution is 14.1. The van der Waals surface area contributed by atoms with Gasteiger partial charge in [-0.15, -0.1) is 0 Å². The minimum atomic E-state index is 0.441. The predicted molar refractivity (Wildman–Crippen MR) is 68.9 cm³/mol. The molecule has 1 aliphatic heterocycles. The molecule has 0 radical (unpaired) electrons. The molecule has 0 aliphatic carbocycles. The lowest BCUT2D eigenvalue weighted by Crippen LogP contribution is -2.14. The van der Waals surface area contributed by atoms with E-state index >= 15 is 0 Å². The summed E-state index contributed by atoms with van der Waals surface area (Å²) in [5.41, 5.74) is 2.37. The number of nitrogens with one attached hydrogen (secondary N) is 1. The highest BCUT2D eigenvalue weighted by atomic mass is 127. The maximum Gasteiger partial charge on any atom is 0.0651 e. The van der Waals surface area contributed by atoms with Crippen LogP contribution in [0.2, 0.25) is 5.02 Å². The van der Waals surface area contributed by atoms with Gasteiger partial charge < -0.3 is 5.32 Å². The summed E-state index contributed by atoms with van der Waals surface area (Å²) in [6.45, 7) is 0.989. The van der Waals surface area contributed by atoms with E-state index in [0.29, 0.717) is 4.83 Å². The summed E-state index contributed by atoms with van der Waals surface area (Å²) in [4.78, 5) is 0.441. The normalized spacial score (nSPS) is 20.7. The average molecular weight is 372 g/mol. The van der Waals surface area contributed by atoms with E-state index in [9.17, 15) is 0 Å². The third kappa shape index (κ3) is 1.97. The minimum absolute atomic E-state index is 0.441. The van der Waals surface area contributed by atoms with E-state index in [0.717, 1.165) is 23.7 Å². The molecule has 0 saturated heterocycles. The maximum atomic E-state index is 6.12. The first-order chi connectivity index (χ1) is 6.18. The summed E-state index contributed by atoms with van der Waals surface area (Å²) < 4.78 is 1.19. The molecule has 1 aliphatic rings. The molecular formula is C9H8BrClIN. The fourth-order valence-corrected chi connectivity index (χ4v) is 3.22. The predicted octanol–water partition coefficient (Wildman–Crippen LogP) is 4.20. The zero-order chi connectivity index (χ0) is 9.42. The number of alkyl halides is 1. The molecule has 1 atom stereocenters. The summed E-state index contributed by atoms with van der Waals surface area (Å²) in [6.07, 6.45) is 1.11. The highest BCUT2D eigenvalue weighted by Crippen LogP contribution is 2.40. The third-order valence-corrected chi connectivity index (χ3v) is 3.99. The number of hydrogen-bond acceptors (Lipinski definition) is 1. The molecule has 0 bridgehead atoms. The van der Waals surface area contributed by atoms with E-state index in [-0.39, 0.29) is 0 Å². The van der Waals surface area contributed by atoms with Crippen molar-refractivity contribution in [3.05, 3.63) is 26.3 Å². The molecule has 4 heteroatoms. The van der Waals surface area contributed by atoms with Crippen LogP contribution in [0.15, 0.2) is 12.1 Å². The standard InChI is InChI=1S/C9H8BrClIN/c10-7-1-2-13-9-6(7)3-5(12)4-8(9)11/h3-4,7,13H,1-2H2. The minimum Gasteiger partial charge on any atom is -0.384 e. The Kier molecular flexibility index (Phi) is 3.05. The van der Waals surface area contributed by atoms with Crippen LogP contribution in [0.4, 0.5) is 5.69 Å². The highest BCUT2D eigenvalue weighted by Gasteiger charge is 2.19. The van der Waals surface area contributed by atoms with Crippen molar-refractivity contribution in [2.75, 3.05) is 11.9 Å². The van der Waals surface area contributed by atoms with Crippen LogP contribution < -0.4 is 5.32 Å². The topological polar surface area (TPSA) is 12.0 Å². The third-order valence-electron chi connectivity index (χ3n) is 2.12. The fraction of sp³-hybridized carbons (Fsp3) is 0.333. The molecule has 0 saturated carbocycles. The van der Waals surface area contributed by atoms with Gasteiger partial charge in [0.15, 0.2) is 0 Å². The number of anilines is 1. The van der Waals surface area contributed by atoms with Gasteiger partial charge in [0.1, 0.15) is 0 Å². The van der Waals surface area contributed by atoms with Crippen molar-refractivity contribution in [1.29, 1.82) is 0 Å². The van der Waals surface area contributed by atoms with Crippen molar-refractivity contribution in [3.63, 3.8) is 0 Å². The lowest BCUT2D eigenvalue weighted by molar-refractivity contribution is 0.822. The van der Waals surface area contributed by atoms with Gasteiger partial charge in [-0.25, -0.2) is 0 Å². The van der Waals surface area contributed by atoms with Crippen LogP contribution in [-0.4, -0.2) is 6.54 Å². The molecular weight excluding hydrogens is 364 g/mol. The van der Waals surface area contributed by atoms with Crippen LogP contribution in [0.1, 0.15) is 16.8 Å². The quantitative estimate of drug-likeness (QED) is 0.532. The average Bonchev–Trinajstić information content (AvgIpc) is 2.07. The Hall–Kier alpha value is 0.520. The molecule has 0 aromatic heterocycles. The Labute approximate surface area is 105 Å². The van der Waals surface area contributed by atoms with Crippen LogP contribution in [0.3, 0.4) is 0 Å². The molecule has 1 unspecified atom stereocenters. The first-order valence-electron chi connectivity index (χ1n) is 4.05. The molecule has 1 aromatic carbocycles. The molecule has 13 heavy (non-hydrogen) atoms. The molecule has 1 nitrogen and oxygen atoms in total. The van der Waals surface area contributed by atoms with Crippen molar-refractivity contribution < 1.29 is 0 Å². The second-order valence-electron chi connectivity index (χ2n) is 3.03. The second kappa shape index (κ2) is 3.95. The van der Waals surface area contributed by atoms with Crippen molar-refractivity contribution >= 4 is 55.8 Å². The molecule has 1 N–H and O–H groups in total. The van der Waals surface area contributed by atoms with Gasteiger partial charge in [0, 0.05) is 14.9 Å². The smallest absolute Gasteiger partial charge is 0.0651 e. The first kappa shape index (κ1) is 10.1. The Morgan fingerprint density at radius 2 is 2.31 bits per heavy atom. The monoisotopic (exact) mass is 371 g/mol. The Morgan fingerprint density at radius 3 is 3.08 bits per heavy atom. The molecule has 1 aromatic rings. The van der Waals surface area contributed by atoms with Crippen LogP contribution in [0, 0.1) is 3.57 Å². The van der Waals surface area contributed by atoms with E-state index in [1.54, 1.807) is 0 Å². The van der Waals surface area contributed by atoms with Gasteiger partial charge >= 0.3 is 0 Å². The van der Waals surface area contributed by atoms with Crippen LogP contribution >= 0.6 is 50.1 Å². The zero-order valence-electron chi connectivity index (χ0n) is 6.78. The molecule has 2 rings (SSSR count). The van der Waals surface area contributed by atoms with Crippen molar-refractivity contribution in [2.24, 2.45) is 0 Å². The summed E-state index contributed by atoms with van der Waals surface area (Å²) in [7, 11) is 0. The molecule has 0 fully saturated rings. The van der Waals surface area contributed by atoms with Crippen molar-refractivity contribution in [2.45, 2.75) is 11.2 Å². The Balaban J connectivity index is 2.56. The maximum absolute atomic E-state index is 6.12. The van der Waals surface area contributed by atoms with Crippen LogP contribution in [0.25, 0.3) is 0 Å². The van der Waals surface area contributed by atoms with Gasteiger partial charge in [0.2, 0.25) is 0 Å². The van der Waals surface area contributed by atoms with Gasteiger partial charge in [-0.3, -0.25) is 0 Å². The summed E-state index contributed by atoms with van der Waals surface area (Å²) in [5.74, 6) is 0. The van der Waals surface area contributed by atoms with Gasteiger partial charge in [-0.1, -0.05) is 27.5 Å². The van der Waals surface area contributed by atoms with Crippen molar-refractivity contribution in [1.82, 2.24) is 0 Å². The SMILES string of the molecule is Clc1cc(I)cc2c1NCCC2Br. The molecule has 0 spiro atoms. The number of rotatable bonds is 0. The summed E-state index contributed by atoms with van der Waals surface area (Å²) >= 11 is 12.1. The van der Waals surface area contributed by atoms with Gasteiger partial charge in [-0.05, 0) is 46.7 Å². The first-order valence-corrected chi connectivity index (χ1v) is 6.42. The van der Waals surface area contributed by atoms with Gasteiger partial charge in [0.25, 0.3) is 0 Å². The number of fused-ring (bicyclic) bond motifs is 1. The van der Waals surface area contributed by atoms with Crippen LogP contribution in [-0.2, 0) is 0 Å². The van der Waals surface area contributed by atoms with Gasteiger partial charge in [0.05, 0.1) is 10.7 Å². The summed E-state index contributed by atoms with van der Waals surface area (Å²) in [6, 6.07) is 4.16. The van der Waals surface area contributed by atoms with Crippen LogP contribution in [0.5, 0.6) is 0 Å². The van der Waals surface area contributed by atoms with E-state index in [1.807, 2.05) is 6.07 Å². The Bertz CT molecular complexity index is 343. The lowest BCUT2D eigenvalue weighted by Gasteiger charge is -2.23. The Morgan fingerprint density at radius 1 is 1.54 bits per heavy atom. The number of benzene rings is 1. The van der Waals surface area contributed by atoms with Crippen molar-refractivity contribution in [3.8, 4) is 0 Å². The molecule has 1 heterocycles. The lowest BCUT2D eigenvalue weighted by atomic mass is 10.0. The molecule has 70 valence electrons. The zero-order valence-corrected chi connectivity index (χ0v) is 11.3. The molecule has 0 amide bonds. The number of halogens is 3. The van der Waals surface area contributed by atoms with E-state index in [2.05, 4.69) is 49.9 Å². The summed E-state index contributed by atoms with van der Waals surface area (Å²) in [5, 5.41) is 4.15. The largest absolute Gasteiger partial charge is 0.384 e. The number of hydrogen-bond donors (Lipinski definition) is 1. The second-order valence-corrected chi connectivity index (χ2v) is 5.79. The van der Waals surface area contributed by atoms with E-state index in [4.69, 9.17) is 11.6 Å². The van der Waals surface area contributed by atoms with E-state index < -0.39 is 0 Å².